The molecule has 0 aliphatic heterocycles. The molecule has 2 heterocycles. The van der Waals surface area contributed by atoms with Gasteiger partial charge in [-0.2, -0.15) is 23.5 Å². The maximum atomic E-state index is 13.8. The number of halogens is 3. The summed E-state index contributed by atoms with van der Waals surface area (Å²) in [5.41, 5.74) is 1.60. The van der Waals surface area contributed by atoms with Gasteiger partial charge in [0.1, 0.15) is 23.7 Å². The van der Waals surface area contributed by atoms with Crippen LogP contribution >= 0.6 is 0 Å². The van der Waals surface area contributed by atoms with Gasteiger partial charge >= 0.3 is 12.1 Å². The molecular formula is C33H25F3N4O4. The predicted octanol–water partition coefficient (Wildman–Crippen LogP) is 7.56. The molecule has 0 bridgehead atoms. The number of hydrogen-bond acceptors (Lipinski definition) is 6. The number of carbonyl (C=O) groups is 1. The van der Waals surface area contributed by atoms with E-state index in [-0.39, 0.29) is 12.4 Å². The van der Waals surface area contributed by atoms with Crippen LogP contribution in [0, 0.1) is 11.3 Å². The number of aromatic nitrogens is 3. The third-order valence-corrected chi connectivity index (χ3v) is 6.64. The summed E-state index contributed by atoms with van der Waals surface area (Å²) >= 11 is 0. The van der Waals surface area contributed by atoms with Crippen LogP contribution in [0.1, 0.15) is 40.5 Å². The van der Waals surface area contributed by atoms with Gasteiger partial charge in [0.25, 0.3) is 0 Å². The van der Waals surface area contributed by atoms with Crippen molar-refractivity contribution in [1.82, 2.24) is 14.8 Å². The standard InChI is InChI=1S/C33H25F3N4O4/c1-2-16-43-29-17-23(22-12-10-21(18-37)11-13-22)14-15-24(29)20-44-28-8-4-3-6-25(28)27-7-5-9-30(39-27)40-31(33(34,35)36)26(19-38-40)32(41)42/h3-15,17,19H,2,16,20H2,1H3,(H,41,42). The first-order valence-corrected chi connectivity index (χ1v) is 13.5. The maximum Gasteiger partial charge on any atom is 0.434 e. The van der Waals surface area contributed by atoms with E-state index in [4.69, 9.17) is 14.7 Å². The number of para-hydroxylation sites is 1. The van der Waals surface area contributed by atoms with E-state index in [1.165, 1.54) is 12.1 Å². The van der Waals surface area contributed by atoms with Crippen LogP contribution in [0.4, 0.5) is 13.2 Å². The van der Waals surface area contributed by atoms with Crippen LogP contribution in [-0.4, -0.2) is 32.4 Å². The fourth-order valence-electron chi connectivity index (χ4n) is 4.54. The summed E-state index contributed by atoms with van der Waals surface area (Å²) in [5.74, 6) is -0.882. The molecule has 8 nitrogen and oxygen atoms in total. The molecule has 0 aliphatic rings. The highest BCUT2D eigenvalue weighted by Crippen LogP contribution is 2.35. The van der Waals surface area contributed by atoms with E-state index in [0.717, 1.165) is 23.1 Å². The molecule has 0 unspecified atom stereocenters. The van der Waals surface area contributed by atoms with Gasteiger partial charge in [-0.05, 0) is 60.0 Å². The van der Waals surface area contributed by atoms with E-state index in [1.54, 1.807) is 42.5 Å². The number of carboxylic acids is 1. The Kier molecular flexibility index (Phi) is 8.62. The molecule has 44 heavy (non-hydrogen) atoms. The average molecular weight is 599 g/mol. The third kappa shape index (κ3) is 6.39. The maximum absolute atomic E-state index is 13.8. The number of aromatic carboxylic acids is 1. The van der Waals surface area contributed by atoms with E-state index < -0.39 is 23.4 Å². The molecule has 222 valence electrons. The number of nitrogens with zero attached hydrogens (tertiary/aromatic N) is 4. The van der Waals surface area contributed by atoms with Crippen LogP contribution in [0.5, 0.6) is 11.5 Å². The Morgan fingerprint density at radius 1 is 0.955 bits per heavy atom. The Labute approximate surface area is 250 Å². The Bertz CT molecular complexity index is 1840. The molecule has 0 saturated heterocycles. The number of benzene rings is 3. The van der Waals surface area contributed by atoms with E-state index in [0.29, 0.717) is 45.8 Å². The number of hydrogen-bond donors (Lipinski definition) is 1. The minimum Gasteiger partial charge on any atom is -0.493 e. The van der Waals surface area contributed by atoms with Gasteiger partial charge in [-0.3, -0.25) is 0 Å². The van der Waals surface area contributed by atoms with Gasteiger partial charge in [0, 0.05) is 11.1 Å². The molecule has 0 amide bonds. The highest BCUT2D eigenvalue weighted by atomic mass is 19.4. The summed E-state index contributed by atoms with van der Waals surface area (Å²) in [6.45, 7) is 2.62. The molecule has 11 heteroatoms. The number of alkyl halides is 3. The molecular weight excluding hydrogens is 573 g/mol. The van der Waals surface area contributed by atoms with Gasteiger partial charge in [0.2, 0.25) is 0 Å². The van der Waals surface area contributed by atoms with Crippen LogP contribution < -0.4 is 9.47 Å². The molecule has 3 aromatic carbocycles. The Morgan fingerprint density at radius 3 is 2.41 bits per heavy atom. The Balaban J connectivity index is 1.44. The number of nitriles is 1. The summed E-state index contributed by atoms with van der Waals surface area (Å²) in [4.78, 5) is 15.8. The lowest BCUT2D eigenvalue weighted by Gasteiger charge is -2.16. The second-order valence-corrected chi connectivity index (χ2v) is 9.65. The van der Waals surface area contributed by atoms with Crippen molar-refractivity contribution >= 4 is 5.97 Å². The number of carboxylic acid groups (broad SMARTS) is 1. The smallest absolute Gasteiger partial charge is 0.434 e. The molecule has 0 atom stereocenters. The zero-order chi connectivity index (χ0) is 31.3. The van der Waals surface area contributed by atoms with Gasteiger partial charge in [-0.1, -0.05) is 49.4 Å². The van der Waals surface area contributed by atoms with Crippen LogP contribution in [0.15, 0.2) is 91.1 Å². The highest BCUT2D eigenvalue weighted by molar-refractivity contribution is 5.89. The van der Waals surface area contributed by atoms with Gasteiger partial charge in [-0.15, -0.1) is 0 Å². The molecule has 0 saturated carbocycles. The van der Waals surface area contributed by atoms with Crippen LogP contribution in [0.25, 0.3) is 28.2 Å². The summed E-state index contributed by atoms with van der Waals surface area (Å²) < 4.78 is 54.1. The predicted molar refractivity (Wildman–Crippen MR) is 155 cm³/mol. The molecule has 5 rings (SSSR count). The van der Waals surface area contributed by atoms with Crippen molar-refractivity contribution in [3.05, 3.63) is 114 Å². The number of ether oxygens (including phenoxy) is 2. The van der Waals surface area contributed by atoms with Crippen molar-refractivity contribution in [2.75, 3.05) is 6.61 Å². The quantitative estimate of drug-likeness (QED) is 0.177. The van der Waals surface area contributed by atoms with Crippen LogP contribution in [-0.2, 0) is 12.8 Å². The number of rotatable bonds is 10. The lowest BCUT2D eigenvalue weighted by atomic mass is 10.0. The summed E-state index contributed by atoms with van der Waals surface area (Å²) in [6.07, 6.45) is -3.52. The van der Waals surface area contributed by atoms with Crippen molar-refractivity contribution < 1.29 is 32.5 Å². The van der Waals surface area contributed by atoms with Crippen molar-refractivity contribution in [2.24, 2.45) is 0 Å². The fraction of sp³-hybridized carbons (Fsp3) is 0.152. The first kappa shape index (κ1) is 29.8. The molecule has 0 fully saturated rings. The van der Waals surface area contributed by atoms with Crippen LogP contribution in [0.3, 0.4) is 0 Å². The first-order chi connectivity index (χ1) is 21.2. The van der Waals surface area contributed by atoms with E-state index in [1.807, 2.05) is 37.3 Å². The highest BCUT2D eigenvalue weighted by Gasteiger charge is 2.41. The average Bonchev–Trinajstić information content (AvgIpc) is 3.50. The van der Waals surface area contributed by atoms with Gasteiger partial charge < -0.3 is 14.6 Å². The molecule has 2 aromatic heterocycles. The lowest BCUT2D eigenvalue weighted by molar-refractivity contribution is -0.143. The topological polar surface area (TPSA) is 110 Å². The molecule has 0 aliphatic carbocycles. The van der Waals surface area contributed by atoms with Gasteiger partial charge in [0.05, 0.1) is 30.1 Å². The van der Waals surface area contributed by atoms with E-state index in [2.05, 4.69) is 16.2 Å². The number of pyridine rings is 1. The Morgan fingerprint density at radius 2 is 1.70 bits per heavy atom. The monoisotopic (exact) mass is 598 g/mol. The zero-order valence-electron chi connectivity index (χ0n) is 23.4. The zero-order valence-corrected chi connectivity index (χ0v) is 23.4. The van der Waals surface area contributed by atoms with Crippen molar-refractivity contribution in [1.29, 1.82) is 5.26 Å². The lowest BCUT2D eigenvalue weighted by Crippen LogP contribution is -2.18. The molecule has 5 aromatic rings. The normalized spacial score (nSPS) is 11.2. The van der Waals surface area contributed by atoms with Crippen molar-refractivity contribution in [3.63, 3.8) is 0 Å². The van der Waals surface area contributed by atoms with Gasteiger partial charge in [-0.25, -0.2) is 14.5 Å². The van der Waals surface area contributed by atoms with E-state index in [9.17, 15) is 23.1 Å². The fourth-order valence-corrected chi connectivity index (χ4v) is 4.54. The van der Waals surface area contributed by atoms with Crippen LogP contribution in [0.2, 0.25) is 0 Å². The second-order valence-electron chi connectivity index (χ2n) is 9.65. The van der Waals surface area contributed by atoms with E-state index >= 15 is 0 Å². The first-order valence-electron chi connectivity index (χ1n) is 13.5. The molecule has 0 spiro atoms. The molecule has 1 N–H and O–H groups in total. The minimum atomic E-state index is -4.98. The summed E-state index contributed by atoms with van der Waals surface area (Å²) in [7, 11) is 0. The summed E-state index contributed by atoms with van der Waals surface area (Å²) in [5, 5.41) is 22.0. The Hall–Kier alpha value is -5.63. The minimum absolute atomic E-state index is 0.128. The second kappa shape index (κ2) is 12.7. The van der Waals surface area contributed by atoms with Crippen molar-refractivity contribution in [3.8, 4) is 45.8 Å². The van der Waals surface area contributed by atoms with Gasteiger partial charge in [0.15, 0.2) is 11.5 Å². The largest absolute Gasteiger partial charge is 0.493 e. The summed E-state index contributed by atoms with van der Waals surface area (Å²) in [6, 6.07) is 26.5. The molecule has 0 radical (unpaired) electrons. The SMILES string of the molecule is CCCOc1cc(-c2ccc(C#N)cc2)ccc1COc1ccccc1-c1cccc(-n2ncc(C(=O)O)c2C(F)(F)F)n1. The third-order valence-electron chi connectivity index (χ3n) is 6.64. The van der Waals surface area contributed by atoms with Crippen molar-refractivity contribution in [2.45, 2.75) is 26.1 Å².